The lowest BCUT2D eigenvalue weighted by molar-refractivity contribution is 0.507. The summed E-state index contributed by atoms with van der Waals surface area (Å²) in [4.78, 5) is 10.3. The molecule has 0 radical (unpaired) electrons. The van der Waals surface area contributed by atoms with Gasteiger partial charge in [-0.2, -0.15) is 4.98 Å². The first kappa shape index (κ1) is 11.6. The number of nitrogens with one attached hydrogen (secondary N) is 1. The average molecular weight is 254 g/mol. The number of hydrogen-bond acceptors (Lipinski definition) is 4. The van der Waals surface area contributed by atoms with E-state index in [0.29, 0.717) is 11.4 Å². The van der Waals surface area contributed by atoms with Crippen LogP contribution in [0.2, 0.25) is 0 Å². The van der Waals surface area contributed by atoms with Crippen molar-refractivity contribution in [3.05, 3.63) is 46.0 Å². The van der Waals surface area contributed by atoms with Gasteiger partial charge in [-0.05, 0) is 29.9 Å². The second-order valence-electron chi connectivity index (χ2n) is 3.39. The van der Waals surface area contributed by atoms with Crippen LogP contribution in [0.4, 0.5) is 14.7 Å². The van der Waals surface area contributed by atoms with Crippen LogP contribution in [-0.4, -0.2) is 15.0 Å². The van der Waals surface area contributed by atoms with E-state index in [1.54, 1.807) is 0 Å². The summed E-state index contributed by atoms with van der Waals surface area (Å²) in [7, 11) is 0. The Morgan fingerprint density at radius 1 is 1.24 bits per heavy atom. The summed E-state index contributed by atoms with van der Waals surface area (Å²) < 4.78 is 25.8. The van der Waals surface area contributed by atoms with E-state index in [2.05, 4.69) is 15.0 Å². The smallest absolute Gasteiger partial charge is 0.224 e. The number of halogens is 2. The van der Waals surface area contributed by atoms with Crippen molar-refractivity contribution in [2.24, 2.45) is 0 Å². The molecule has 0 atom stereocenters. The molecule has 0 saturated carbocycles. The van der Waals surface area contributed by atoms with Gasteiger partial charge in [0.05, 0.1) is 0 Å². The second kappa shape index (κ2) is 4.54. The lowest BCUT2D eigenvalue weighted by Crippen LogP contribution is -2.04. The molecule has 0 aliphatic rings. The van der Waals surface area contributed by atoms with E-state index in [-0.39, 0.29) is 17.1 Å². The Morgan fingerprint density at radius 2 is 2.00 bits per heavy atom. The number of hydrogen-bond donors (Lipinski definition) is 2. The van der Waals surface area contributed by atoms with Gasteiger partial charge in [0.15, 0.2) is 11.6 Å². The van der Waals surface area contributed by atoms with Crippen LogP contribution < -0.4 is 5.73 Å². The Morgan fingerprint density at radius 3 is 2.65 bits per heavy atom. The predicted molar refractivity (Wildman–Crippen MR) is 60.8 cm³/mol. The van der Waals surface area contributed by atoms with Gasteiger partial charge in [-0.3, -0.25) is 0 Å². The van der Waals surface area contributed by atoms with Gasteiger partial charge in [0, 0.05) is 6.42 Å². The molecule has 0 aliphatic carbocycles. The predicted octanol–water partition coefficient (Wildman–Crippen LogP) is 1.99. The fourth-order valence-corrected chi connectivity index (χ4v) is 1.58. The number of rotatable bonds is 2. The van der Waals surface area contributed by atoms with Gasteiger partial charge in [0.25, 0.3) is 0 Å². The molecule has 0 amide bonds. The fourth-order valence-electron chi connectivity index (χ4n) is 1.37. The maximum atomic E-state index is 13.0. The lowest BCUT2D eigenvalue weighted by Gasteiger charge is -2.03. The number of nitrogens with zero attached hydrogens (tertiary/aromatic N) is 2. The van der Waals surface area contributed by atoms with E-state index in [0.717, 1.165) is 12.1 Å². The highest BCUT2D eigenvalue weighted by Crippen LogP contribution is 2.11. The second-order valence-corrected chi connectivity index (χ2v) is 3.75. The number of H-pyrrole nitrogens is 1. The number of benzene rings is 1. The Hall–Kier alpha value is -1.89. The Bertz CT molecular complexity index is 611. The average Bonchev–Trinajstić information content (AvgIpc) is 2.22. The summed E-state index contributed by atoms with van der Waals surface area (Å²) in [6.45, 7) is 0. The first-order valence-corrected chi connectivity index (χ1v) is 5.12. The molecule has 0 fully saturated rings. The van der Waals surface area contributed by atoms with Gasteiger partial charge < -0.3 is 10.7 Å². The first-order valence-electron chi connectivity index (χ1n) is 4.71. The third kappa shape index (κ3) is 2.82. The quantitative estimate of drug-likeness (QED) is 0.804. The van der Waals surface area contributed by atoms with Gasteiger partial charge in [0.1, 0.15) is 5.82 Å². The molecule has 3 N–H and O–H groups in total. The van der Waals surface area contributed by atoms with Crippen molar-refractivity contribution in [2.75, 3.05) is 5.73 Å². The van der Waals surface area contributed by atoms with Gasteiger partial charge in [-0.25, -0.2) is 13.8 Å². The number of aromatic amines is 1. The Kier molecular flexibility index (Phi) is 3.10. The van der Waals surface area contributed by atoms with E-state index < -0.39 is 11.6 Å². The molecule has 2 aromatic rings. The summed E-state index contributed by atoms with van der Waals surface area (Å²) in [5, 5.41) is 0. The number of aromatic nitrogens is 3. The van der Waals surface area contributed by atoms with Crippen LogP contribution in [0.25, 0.3) is 0 Å². The molecule has 0 saturated heterocycles. The summed E-state index contributed by atoms with van der Waals surface area (Å²) in [6.07, 6.45) is 0.271. The van der Waals surface area contributed by atoms with Gasteiger partial charge in [-0.1, -0.05) is 6.07 Å². The van der Waals surface area contributed by atoms with E-state index in [1.165, 1.54) is 6.07 Å². The molecule has 7 heteroatoms. The minimum atomic E-state index is -0.900. The molecular formula is C10H8F2N4S. The maximum Gasteiger partial charge on any atom is 0.224 e. The molecule has 4 nitrogen and oxygen atoms in total. The maximum absolute atomic E-state index is 13.0. The Labute approximate surface area is 101 Å². The third-order valence-corrected chi connectivity index (χ3v) is 2.26. The zero-order valence-corrected chi connectivity index (χ0v) is 9.39. The minimum absolute atomic E-state index is 0.110. The monoisotopic (exact) mass is 254 g/mol. The zero-order valence-electron chi connectivity index (χ0n) is 8.58. The highest BCUT2D eigenvalue weighted by molar-refractivity contribution is 7.71. The lowest BCUT2D eigenvalue weighted by atomic mass is 10.1. The zero-order chi connectivity index (χ0) is 12.4. The fraction of sp³-hybridized carbons (Fsp3) is 0.100. The van der Waals surface area contributed by atoms with Crippen molar-refractivity contribution in [2.45, 2.75) is 6.42 Å². The van der Waals surface area contributed by atoms with Crippen LogP contribution in [0.1, 0.15) is 11.4 Å². The molecule has 0 aliphatic heterocycles. The molecule has 0 spiro atoms. The van der Waals surface area contributed by atoms with Crippen molar-refractivity contribution < 1.29 is 8.78 Å². The van der Waals surface area contributed by atoms with Crippen molar-refractivity contribution in [1.82, 2.24) is 15.0 Å². The molecule has 1 heterocycles. The molecule has 1 aromatic carbocycles. The van der Waals surface area contributed by atoms with Gasteiger partial charge >= 0.3 is 0 Å². The van der Waals surface area contributed by atoms with E-state index in [4.69, 9.17) is 18.0 Å². The van der Waals surface area contributed by atoms with Gasteiger partial charge in [0.2, 0.25) is 10.7 Å². The van der Waals surface area contributed by atoms with Crippen LogP contribution in [0.5, 0.6) is 0 Å². The topological polar surface area (TPSA) is 67.6 Å². The standard InChI is InChI=1S/C10H8F2N4S/c11-6-2-1-5(3-7(6)12)4-8-14-9(13)16-10(17)15-8/h1-3H,4H2,(H3,13,14,15,16,17). The number of nitrogens with two attached hydrogens (primary N) is 1. The number of nitrogen functional groups attached to an aromatic ring is 1. The highest BCUT2D eigenvalue weighted by atomic mass is 32.1. The molecule has 88 valence electrons. The normalized spacial score (nSPS) is 10.5. The van der Waals surface area contributed by atoms with Crippen LogP contribution >= 0.6 is 12.2 Å². The van der Waals surface area contributed by atoms with Crippen molar-refractivity contribution >= 4 is 18.2 Å². The molecule has 0 unspecified atom stereocenters. The summed E-state index contributed by atoms with van der Waals surface area (Å²) in [6, 6.07) is 3.63. The summed E-state index contributed by atoms with van der Waals surface area (Å²) in [5.74, 6) is -1.19. The minimum Gasteiger partial charge on any atom is -0.369 e. The summed E-state index contributed by atoms with van der Waals surface area (Å²) >= 11 is 4.79. The van der Waals surface area contributed by atoms with Crippen LogP contribution in [0.15, 0.2) is 18.2 Å². The number of anilines is 1. The highest BCUT2D eigenvalue weighted by Gasteiger charge is 2.05. The molecule has 2 rings (SSSR count). The molecule has 17 heavy (non-hydrogen) atoms. The van der Waals surface area contributed by atoms with E-state index in [9.17, 15) is 8.78 Å². The SMILES string of the molecule is Nc1nc(=S)nc(Cc2ccc(F)c(F)c2)[nH]1. The van der Waals surface area contributed by atoms with Gasteiger partial charge in [-0.15, -0.1) is 0 Å². The Balaban J connectivity index is 2.31. The molecular weight excluding hydrogens is 246 g/mol. The van der Waals surface area contributed by atoms with Crippen molar-refractivity contribution in [1.29, 1.82) is 0 Å². The van der Waals surface area contributed by atoms with Crippen LogP contribution in [0.3, 0.4) is 0 Å². The first-order chi connectivity index (χ1) is 8.04. The van der Waals surface area contributed by atoms with Crippen LogP contribution in [0, 0.1) is 16.4 Å². The summed E-state index contributed by atoms with van der Waals surface area (Å²) in [5.41, 5.74) is 6.02. The van der Waals surface area contributed by atoms with Crippen LogP contribution in [-0.2, 0) is 6.42 Å². The molecule has 1 aromatic heterocycles. The molecule has 0 bridgehead atoms. The van der Waals surface area contributed by atoms with Crippen molar-refractivity contribution in [3.63, 3.8) is 0 Å². The van der Waals surface area contributed by atoms with Crippen molar-refractivity contribution in [3.8, 4) is 0 Å². The third-order valence-electron chi connectivity index (χ3n) is 2.07. The van der Waals surface area contributed by atoms with E-state index >= 15 is 0 Å². The largest absolute Gasteiger partial charge is 0.369 e. The van der Waals surface area contributed by atoms with E-state index in [1.807, 2.05) is 0 Å².